The number of hydrogen-bond donors (Lipinski definition) is 4. The molecule has 2 aliphatic carbocycles. The minimum Gasteiger partial charge on any atom is -0.496 e. The summed E-state index contributed by atoms with van der Waals surface area (Å²) in [5, 5.41) is 41.4. The zero-order valence-electron chi connectivity index (χ0n) is 19.2. The van der Waals surface area contributed by atoms with Crippen molar-refractivity contribution in [1.29, 1.82) is 0 Å². The second kappa shape index (κ2) is 7.73. The topological polar surface area (TPSA) is 99.4 Å². The molecule has 1 spiro atoms. The molecule has 0 fully saturated rings. The fraction of sp³-hybridized carbons (Fsp3) is 0.111. The van der Waals surface area contributed by atoms with E-state index in [9.17, 15) is 20.1 Å². The van der Waals surface area contributed by atoms with E-state index in [1.807, 2.05) is 48.5 Å². The molecular weight excluding hydrogens is 442 g/mol. The molecule has 4 aromatic rings. The highest BCUT2D eigenvalue weighted by Crippen LogP contribution is 2.65. The smallest absolute Gasteiger partial charge is 0.489 e. The maximum absolute atomic E-state index is 10.3. The van der Waals surface area contributed by atoms with Crippen molar-refractivity contribution >= 4 is 25.2 Å². The number of fused-ring (bicyclic) bond motifs is 10. The van der Waals surface area contributed by atoms with E-state index in [4.69, 9.17) is 9.47 Å². The van der Waals surface area contributed by atoms with E-state index in [2.05, 4.69) is 0 Å². The van der Waals surface area contributed by atoms with Crippen LogP contribution < -0.4 is 20.4 Å². The molecule has 8 heteroatoms. The first-order valence-electron chi connectivity index (χ1n) is 11.3. The SMILES string of the molecule is COc1ccc(B(O)O)c2c1C1(c3ccccc3-2)c2ccccc2-c2c(B(O)O)ccc(OC)c21. The Morgan fingerprint density at radius 1 is 0.571 bits per heavy atom. The number of ether oxygens (including phenoxy) is 2. The van der Waals surface area contributed by atoms with Crippen LogP contribution in [0, 0.1) is 0 Å². The van der Waals surface area contributed by atoms with Crippen molar-refractivity contribution in [1.82, 2.24) is 0 Å². The molecule has 0 aromatic heterocycles. The zero-order chi connectivity index (χ0) is 24.5. The Bertz CT molecular complexity index is 1380. The van der Waals surface area contributed by atoms with E-state index >= 15 is 0 Å². The van der Waals surface area contributed by atoms with Crippen molar-refractivity contribution in [3.63, 3.8) is 0 Å². The van der Waals surface area contributed by atoms with E-state index in [1.165, 1.54) is 0 Å². The van der Waals surface area contributed by atoms with Gasteiger partial charge in [-0.3, -0.25) is 0 Å². The quantitative estimate of drug-likeness (QED) is 0.295. The highest BCUT2D eigenvalue weighted by molar-refractivity contribution is 6.61. The van der Waals surface area contributed by atoms with Gasteiger partial charge in [-0.15, -0.1) is 0 Å². The minimum absolute atomic E-state index is 0.369. The van der Waals surface area contributed by atoms with E-state index in [1.54, 1.807) is 38.5 Å². The van der Waals surface area contributed by atoms with Gasteiger partial charge in [0, 0.05) is 11.1 Å². The molecule has 4 aromatic carbocycles. The third-order valence-corrected chi connectivity index (χ3v) is 7.35. The molecule has 2 aliphatic rings. The monoisotopic (exact) mass is 464 g/mol. The maximum Gasteiger partial charge on any atom is 0.489 e. The lowest BCUT2D eigenvalue weighted by atomic mass is 9.67. The predicted octanol–water partition coefficient (Wildman–Crippen LogP) is 1.41. The second-order valence-electron chi connectivity index (χ2n) is 8.80. The first-order chi connectivity index (χ1) is 17.0. The summed E-state index contributed by atoms with van der Waals surface area (Å²) in [5.74, 6) is 1.17. The summed E-state index contributed by atoms with van der Waals surface area (Å²) in [6, 6.07) is 22.6. The van der Waals surface area contributed by atoms with E-state index < -0.39 is 19.7 Å². The molecule has 0 heterocycles. The van der Waals surface area contributed by atoms with Gasteiger partial charge >= 0.3 is 14.2 Å². The van der Waals surface area contributed by atoms with E-state index in [-0.39, 0.29) is 0 Å². The normalized spacial score (nSPS) is 13.7. The molecule has 0 atom stereocenters. The van der Waals surface area contributed by atoms with Gasteiger partial charge in [-0.25, -0.2) is 0 Å². The van der Waals surface area contributed by atoms with Crippen LogP contribution >= 0.6 is 0 Å². The number of methoxy groups -OCH3 is 2. The van der Waals surface area contributed by atoms with Crippen LogP contribution in [-0.4, -0.2) is 48.6 Å². The molecule has 0 amide bonds. The van der Waals surface area contributed by atoms with Gasteiger partial charge in [-0.1, -0.05) is 60.7 Å². The Kier molecular flexibility index (Phi) is 4.85. The summed E-state index contributed by atoms with van der Waals surface area (Å²) in [5.41, 5.74) is 6.26. The van der Waals surface area contributed by atoms with Gasteiger partial charge in [-0.2, -0.15) is 0 Å². The van der Waals surface area contributed by atoms with E-state index in [0.29, 0.717) is 33.6 Å². The Balaban J connectivity index is 1.91. The van der Waals surface area contributed by atoms with Crippen LogP contribution in [0.4, 0.5) is 0 Å². The lowest BCUT2D eigenvalue weighted by Gasteiger charge is -2.32. The van der Waals surface area contributed by atoms with Gasteiger partial charge in [0.2, 0.25) is 0 Å². The first kappa shape index (κ1) is 21.9. The molecule has 4 N–H and O–H groups in total. The molecule has 35 heavy (non-hydrogen) atoms. The maximum atomic E-state index is 10.3. The molecule has 0 aliphatic heterocycles. The Morgan fingerprint density at radius 2 is 0.971 bits per heavy atom. The highest BCUT2D eigenvalue weighted by Gasteiger charge is 2.56. The van der Waals surface area contributed by atoms with Crippen molar-refractivity contribution in [3.05, 3.63) is 95.1 Å². The van der Waals surface area contributed by atoms with Gasteiger partial charge in [-0.05, 0) is 56.4 Å². The van der Waals surface area contributed by atoms with Crippen LogP contribution in [-0.2, 0) is 5.41 Å². The molecule has 172 valence electrons. The lowest BCUT2D eigenvalue weighted by molar-refractivity contribution is 0.397. The Morgan fingerprint density at radius 3 is 1.34 bits per heavy atom. The Labute approximate surface area is 203 Å². The van der Waals surface area contributed by atoms with Crippen LogP contribution in [0.1, 0.15) is 22.3 Å². The van der Waals surface area contributed by atoms with Crippen LogP contribution in [0.3, 0.4) is 0 Å². The number of benzene rings is 4. The van der Waals surface area contributed by atoms with Gasteiger partial charge in [0.05, 0.1) is 19.6 Å². The molecule has 6 rings (SSSR count). The van der Waals surface area contributed by atoms with E-state index in [0.717, 1.165) is 33.4 Å². The van der Waals surface area contributed by atoms with Crippen molar-refractivity contribution in [2.45, 2.75) is 5.41 Å². The average Bonchev–Trinajstić information content (AvgIpc) is 3.35. The molecule has 0 bridgehead atoms. The van der Waals surface area contributed by atoms with Gasteiger partial charge in [0.1, 0.15) is 11.5 Å². The van der Waals surface area contributed by atoms with Crippen molar-refractivity contribution in [3.8, 4) is 33.8 Å². The third kappa shape index (κ3) is 2.65. The zero-order valence-corrected chi connectivity index (χ0v) is 19.2. The third-order valence-electron chi connectivity index (χ3n) is 7.35. The molecule has 0 unspecified atom stereocenters. The summed E-state index contributed by atoms with van der Waals surface area (Å²) < 4.78 is 11.8. The lowest BCUT2D eigenvalue weighted by Crippen LogP contribution is -2.35. The van der Waals surface area contributed by atoms with Gasteiger partial charge in [0.15, 0.2) is 0 Å². The van der Waals surface area contributed by atoms with Crippen LogP contribution in [0.15, 0.2) is 72.8 Å². The molecule has 0 radical (unpaired) electrons. The van der Waals surface area contributed by atoms with Gasteiger partial charge < -0.3 is 29.6 Å². The van der Waals surface area contributed by atoms with Crippen LogP contribution in [0.25, 0.3) is 22.3 Å². The summed E-state index contributed by atoms with van der Waals surface area (Å²) >= 11 is 0. The summed E-state index contributed by atoms with van der Waals surface area (Å²) in [7, 11) is -0.203. The molecule has 0 saturated heterocycles. The fourth-order valence-electron chi connectivity index (χ4n) is 6.16. The second-order valence-corrected chi connectivity index (χ2v) is 8.80. The first-order valence-corrected chi connectivity index (χ1v) is 11.3. The van der Waals surface area contributed by atoms with Crippen molar-refractivity contribution in [2.75, 3.05) is 14.2 Å². The Hall–Kier alpha value is -3.55. The summed E-state index contributed by atoms with van der Waals surface area (Å²) in [6.07, 6.45) is 0. The standard InChI is InChI=1S/C27H22B2O6/c1-34-21-13-11-19(28(30)31)23-15-7-3-5-9-17(15)27(25(21)23)18-10-6-4-8-16(18)24-20(29(32)33)12-14-22(35-2)26(24)27/h3-14,30-33H,1-2H3. The minimum atomic E-state index is -1.69. The highest BCUT2D eigenvalue weighted by atomic mass is 16.5. The number of hydrogen-bond acceptors (Lipinski definition) is 6. The fourth-order valence-corrected chi connectivity index (χ4v) is 6.16. The van der Waals surface area contributed by atoms with Crippen molar-refractivity contribution < 1.29 is 29.6 Å². The largest absolute Gasteiger partial charge is 0.496 e. The number of rotatable bonds is 4. The van der Waals surface area contributed by atoms with Crippen LogP contribution in [0.5, 0.6) is 11.5 Å². The predicted molar refractivity (Wildman–Crippen MR) is 135 cm³/mol. The van der Waals surface area contributed by atoms with Crippen molar-refractivity contribution in [2.24, 2.45) is 0 Å². The average molecular weight is 464 g/mol. The molecular formula is C27H22B2O6. The summed E-state index contributed by atoms with van der Waals surface area (Å²) in [4.78, 5) is 0. The summed E-state index contributed by atoms with van der Waals surface area (Å²) in [6.45, 7) is 0. The van der Waals surface area contributed by atoms with Gasteiger partial charge in [0.25, 0.3) is 0 Å². The van der Waals surface area contributed by atoms with Crippen LogP contribution in [0.2, 0.25) is 0 Å². The molecule has 6 nitrogen and oxygen atoms in total. The molecule has 0 saturated carbocycles.